The molecule has 0 bridgehead atoms. The molecule has 1 amide bonds. The number of hydrogen-bond acceptors (Lipinski definition) is 3. The Balaban J connectivity index is 2.73. The number of amides is 1. The van der Waals surface area contributed by atoms with Crippen LogP contribution in [0.3, 0.4) is 0 Å². The lowest BCUT2D eigenvalue weighted by molar-refractivity contribution is -0.139. The molecule has 1 aromatic carbocycles. The predicted octanol–water partition coefficient (Wildman–Crippen LogP) is 3.30. The molecular formula is C16H23NO4. The summed E-state index contributed by atoms with van der Waals surface area (Å²) in [7, 11) is 0. The van der Waals surface area contributed by atoms with Crippen molar-refractivity contribution in [2.45, 2.75) is 46.6 Å². The minimum absolute atomic E-state index is 0.00602. The first-order valence-corrected chi connectivity index (χ1v) is 6.97. The highest BCUT2D eigenvalue weighted by molar-refractivity contribution is 5.92. The van der Waals surface area contributed by atoms with E-state index in [1.54, 1.807) is 26.0 Å². The summed E-state index contributed by atoms with van der Waals surface area (Å²) in [5.41, 5.74) is 0.00589. The highest BCUT2D eigenvalue weighted by atomic mass is 16.5. The van der Waals surface area contributed by atoms with Crippen molar-refractivity contribution in [2.24, 2.45) is 5.41 Å². The summed E-state index contributed by atoms with van der Waals surface area (Å²) in [5.74, 6) is -0.519. The van der Waals surface area contributed by atoms with E-state index >= 15 is 0 Å². The van der Waals surface area contributed by atoms with Gasteiger partial charge < -0.3 is 15.2 Å². The van der Waals surface area contributed by atoms with E-state index < -0.39 is 11.4 Å². The van der Waals surface area contributed by atoms with Crippen LogP contribution in [-0.2, 0) is 9.59 Å². The van der Waals surface area contributed by atoms with Gasteiger partial charge >= 0.3 is 5.97 Å². The summed E-state index contributed by atoms with van der Waals surface area (Å²) in [6.45, 7) is 7.34. The Kier molecular flexibility index (Phi) is 5.76. The number of carbonyl (C=O) groups is 2. The molecule has 5 heteroatoms. The molecule has 0 aliphatic carbocycles. The van der Waals surface area contributed by atoms with Crippen LogP contribution in [0.1, 0.15) is 40.5 Å². The van der Waals surface area contributed by atoms with Gasteiger partial charge in [-0.3, -0.25) is 9.59 Å². The largest absolute Gasteiger partial charge is 0.489 e. The van der Waals surface area contributed by atoms with Gasteiger partial charge in [0.25, 0.3) is 0 Å². The number of carboxylic acid groups (broad SMARTS) is 1. The van der Waals surface area contributed by atoms with E-state index in [2.05, 4.69) is 5.32 Å². The van der Waals surface area contributed by atoms with Gasteiger partial charge in [-0.05, 0) is 31.4 Å². The minimum atomic E-state index is -0.906. The van der Waals surface area contributed by atoms with Crippen molar-refractivity contribution in [3.8, 4) is 5.75 Å². The number of rotatable bonds is 7. The zero-order chi connectivity index (χ0) is 16.0. The second kappa shape index (κ2) is 7.11. The third-order valence-electron chi connectivity index (χ3n) is 2.79. The molecule has 1 rings (SSSR count). The van der Waals surface area contributed by atoms with Gasteiger partial charge in [0.15, 0.2) is 0 Å². The van der Waals surface area contributed by atoms with E-state index in [1.807, 2.05) is 26.0 Å². The van der Waals surface area contributed by atoms with Gasteiger partial charge in [-0.2, -0.15) is 0 Å². The fourth-order valence-corrected chi connectivity index (χ4v) is 2.03. The lowest BCUT2D eigenvalue weighted by atomic mass is 9.85. The molecule has 0 unspecified atom stereocenters. The zero-order valence-corrected chi connectivity index (χ0v) is 13.0. The molecule has 0 aliphatic heterocycles. The molecule has 0 atom stereocenters. The lowest BCUT2D eigenvalue weighted by Gasteiger charge is -2.22. The Bertz CT molecular complexity index is 509. The van der Waals surface area contributed by atoms with Gasteiger partial charge in [0, 0.05) is 6.42 Å². The smallest absolute Gasteiger partial charge is 0.303 e. The van der Waals surface area contributed by atoms with Crippen LogP contribution >= 0.6 is 0 Å². The molecule has 21 heavy (non-hydrogen) atoms. The topological polar surface area (TPSA) is 75.6 Å². The summed E-state index contributed by atoms with van der Waals surface area (Å²) in [5, 5.41) is 11.6. The van der Waals surface area contributed by atoms with Crippen LogP contribution in [0.25, 0.3) is 0 Å². The average molecular weight is 293 g/mol. The minimum Gasteiger partial charge on any atom is -0.489 e. The zero-order valence-electron chi connectivity index (χ0n) is 13.0. The van der Waals surface area contributed by atoms with Crippen molar-refractivity contribution in [3.05, 3.63) is 24.3 Å². The Morgan fingerprint density at radius 2 is 1.86 bits per heavy atom. The van der Waals surface area contributed by atoms with Crippen molar-refractivity contribution in [2.75, 3.05) is 5.32 Å². The fraction of sp³-hybridized carbons (Fsp3) is 0.500. The molecule has 5 nitrogen and oxygen atoms in total. The van der Waals surface area contributed by atoms with Gasteiger partial charge in [-0.1, -0.05) is 26.0 Å². The standard InChI is InChI=1S/C16H23NO4/c1-11(2)21-13-8-6-5-7-12(13)17-14(18)9-16(3,4)10-15(19)20/h5-8,11H,9-10H2,1-4H3,(H,17,18)(H,19,20). The number of carbonyl (C=O) groups excluding carboxylic acids is 1. The van der Waals surface area contributed by atoms with E-state index in [4.69, 9.17) is 9.84 Å². The maximum absolute atomic E-state index is 12.1. The number of hydrogen-bond donors (Lipinski definition) is 2. The number of ether oxygens (including phenoxy) is 1. The first-order chi connectivity index (χ1) is 9.69. The maximum Gasteiger partial charge on any atom is 0.303 e. The summed E-state index contributed by atoms with van der Waals surface area (Å²) in [6, 6.07) is 7.20. The number of carboxylic acids is 1. The van der Waals surface area contributed by atoms with E-state index in [0.717, 1.165) is 0 Å². The Morgan fingerprint density at radius 1 is 1.24 bits per heavy atom. The number of nitrogens with one attached hydrogen (secondary N) is 1. The van der Waals surface area contributed by atoms with Crippen molar-refractivity contribution in [3.63, 3.8) is 0 Å². The van der Waals surface area contributed by atoms with Crippen LogP contribution in [0.5, 0.6) is 5.75 Å². The lowest BCUT2D eigenvalue weighted by Crippen LogP contribution is -2.25. The number of para-hydroxylation sites is 2. The molecule has 2 N–H and O–H groups in total. The molecular weight excluding hydrogens is 270 g/mol. The van der Waals surface area contributed by atoms with Crippen molar-refractivity contribution >= 4 is 17.6 Å². The van der Waals surface area contributed by atoms with Gasteiger partial charge in [-0.25, -0.2) is 0 Å². The SMILES string of the molecule is CC(C)Oc1ccccc1NC(=O)CC(C)(C)CC(=O)O. The molecule has 0 spiro atoms. The first-order valence-electron chi connectivity index (χ1n) is 6.97. The van der Waals surface area contributed by atoms with Crippen LogP contribution in [0, 0.1) is 5.41 Å². The molecule has 0 fully saturated rings. The van der Waals surface area contributed by atoms with Crippen LogP contribution in [0.4, 0.5) is 5.69 Å². The van der Waals surface area contributed by atoms with Gasteiger partial charge in [0.2, 0.25) is 5.91 Å². The molecule has 116 valence electrons. The molecule has 0 saturated heterocycles. The molecule has 0 aliphatic rings. The average Bonchev–Trinajstić information content (AvgIpc) is 2.28. The Labute approximate surface area is 125 Å². The van der Waals surface area contributed by atoms with Crippen LogP contribution < -0.4 is 10.1 Å². The van der Waals surface area contributed by atoms with Gasteiger partial charge in [0.05, 0.1) is 18.2 Å². The second-order valence-electron chi connectivity index (χ2n) is 6.12. The van der Waals surface area contributed by atoms with E-state index in [-0.39, 0.29) is 24.9 Å². The summed E-state index contributed by atoms with van der Waals surface area (Å²) in [6.07, 6.45) is 0.0892. The Hall–Kier alpha value is -2.04. The molecule has 0 radical (unpaired) electrons. The monoisotopic (exact) mass is 293 g/mol. The normalized spacial score (nSPS) is 11.3. The van der Waals surface area contributed by atoms with Crippen LogP contribution in [0.2, 0.25) is 0 Å². The van der Waals surface area contributed by atoms with Crippen LogP contribution in [0.15, 0.2) is 24.3 Å². The highest BCUT2D eigenvalue weighted by Gasteiger charge is 2.25. The third kappa shape index (κ3) is 6.29. The quantitative estimate of drug-likeness (QED) is 0.808. The number of anilines is 1. The van der Waals surface area contributed by atoms with E-state index in [0.29, 0.717) is 11.4 Å². The number of benzene rings is 1. The van der Waals surface area contributed by atoms with Crippen molar-refractivity contribution in [1.82, 2.24) is 0 Å². The van der Waals surface area contributed by atoms with E-state index in [9.17, 15) is 9.59 Å². The van der Waals surface area contributed by atoms with Gasteiger partial charge in [0.1, 0.15) is 5.75 Å². The summed E-state index contributed by atoms with van der Waals surface area (Å²) < 4.78 is 5.63. The first kappa shape index (κ1) is 17.0. The fourth-order valence-electron chi connectivity index (χ4n) is 2.03. The number of aliphatic carboxylic acids is 1. The van der Waals surface area contributed by atoms with Crippen LogP contribution in [-0.4, -0.2) is 23.1 Å². The highest BCUT2D eigenvalue weighted by Crippen LogP contribution is 2.28. The summed E-state index contributed by atoms with van der Waals surface area (Å²) >= 11 is 0. The predicted molar refractivity (Wildman–Crippen MR) is 81.5 cm³/mol. The molecule has 1 aromatic rings. The second-order valence-corrected chi connectivity index (χ2v) is 6.12. The van der Waals surface area contributed by atoms with E-state index in [1.165, 1.54) is 0 Å². The maximum atomic E-state index is 12.1. The van der Waals surface area contributed by atoms with Gasteiger partial charge in [-0.15, -0.1) is 0 Å². The van der Waals surface area contributed by atoms with Crippen molar-refractivity contribution < 1.29 is 19.4 Å². The molecule has 0 saturated carbocycles. The third-order valence-corrected chi connectivity index (χ3v) is 2.79. The Morgan fingerprint density at radius 3 is 2.43 bits per heavy atom. The summed E-state index contributed by atoms with van der Waals surface area (Å²) in [4.78, 5) is 22.9. The molecule has 0 aromatic heterocycles. The van der Waals surface area contributed by atoms with Crippen molar-refractivity contribution in [1.29, 1.82) is 0 Å². The molecule has 0 heterocycles.